The van der Waals surface area contributed by atoms with E-state index in [4.69, 9.17) is 5.11 Å². The van der Waals surface area contributed by atoms with Crippen LogP contribution in [-0.2, 0) is 4.79 Å². The SMILES string of the molecule is CC(C)(NC(=O)c1cc(/C=C/C(=O)O)ccc1F)C1CC1. The summed E-state index contributed by atoms with van der Waals surface area (Å²) in [5.74, 6) is -1.76. The van der Waals surface area contributed by atoms with Gasteiger partial charge in [0.15, 0.2) is 0 Å². The molecule has 0 atom stereocenters. The minimum Gasteiger partial charge on any atom is -0.478 e. The number of carboxylic acids is 1. The molecule has 0 saturated heterocycles. The second-order valence-electron chi connectivity index (χ2n) is 5.86. The van der Waals surface area contributed by atoms with Crippen LogP contribution in [0.4, 0.5) is 4.39 Å². The topological polar surface area (TPSA) is 66.4 Å². The minimum absolute atomic E-state index is 0.0729. The van der Waals surface area contributed by atoms with Crippen LogP contribution < -0.4 is 5.32 Å². The Kier molecular flexibility index (Phi) is 4.11. The second kappa shape index (κ2) is 5.68. The summed E-state index contributed by atoms with van der Waals surface area (Å²) in [4.78, 5) is 22.7. The van der Waals surface area contributed by atoms with Crippen molar-refractivity contribution in [1.82, 2.24) is 5.32 Å². The van der Waals surface area contributed by atoms with Crippen LogP contribution in [-0.4, -0.2) is 22.5 Å². The first-order valence-electron chi connectivity index (χ1n) is 6.82. The van der Waals surface area contributed by atoms with Crippen LogP contribution in [0.25, 0.3) is 6.08 Å². The Labute approximate surface area is 122 Å². The molecule has 1 amide bonds. The number of hydrogen-bond acceptors (Lipinski definition) is 2. The molecule has 2 rings (SSSR count). The number of amides is 1. The third-order valence-electron chi connectivity index (χ3n) is 3.69. The molecule has 0 heterocycles. The summed E-state index contributed by atoms with van der Waals surface area (Å²) in [7, 11) is 0. The summed E-state index contributed by atoms with van der Waals surface area (Å²) in [6.07, 6.45) is 4.40. The van der Waals surface area contributed by atoms with Crippen LogP contribution in [0.2, 0.25) is 0 Å². The molecule has 1 aliphatic carbocycles. The van der Waals surface area contributed by atoms with E-state index in [9.17, 15) is 14.0 Å². The highest BCUT2D eigenvalue weighted by molar-refractivity contribution is 5.96. The van der Waals surface area contributed by atoms with Gasteiger partial charge >= 0.3 is 5.97 Å². The largest absolute Gasteiger partial charge is 0.478 e. The van der Waals surface area contributed by atoms with Crippen molar-refractivity contribution >= 4 is 18.0 Å². The van der Waals surface area contributed by atoms with E-state index in [1.165, 1.54) is 24.3 Å². The zero-order valence-electron chi connectivity index (χ0n) is 12.0. The molecule has 0 aromatic heterocycles. The Morgan fingerprint density at radius 2 is 2.05 bits per heavy atom. The van der Waals surface area contributed by atoms with Gasteiger partial charge in [0.25, 0.3) is 5.91 Å². The lowest BCUT2D eigenvalue weighted by atomic mass is 9.97. The van der Waals surface area contributed by atoms with Gasteiger partial charge in [0, 0.05) is 11.6 Å². The van der Waals surface area contributed by atoms with E-state index in [-0.39, 0.29) is 11.1 Å². The lowest BCUT2D eigenvalue weighted by Crippen LogP contribution is -2.45. The summed E-state index contributed by atoms with van der Waals surface area (Å²) in [5.41, 5.74) is 0.0284. The summed E-state index contributed by atoms with van der Waals surface area (Å²) >= 11 is 0. The molecular weight excluding hydrogens is 273 g/mol. The van der Waals surface area contributed by atoms with Crippen molar-refractivity contribution in [2.75, 3.05) is 0 Å². The standard InChI is InChI=1S/C16H18FNO3/c1-16(2,11-5-6-11)18-15(21)12-9-10(3-7-13(12)17)4-8-14(19)20/h3-4,7-9,11H,5-6H2,1-2H3,(H,18,21)(H,19,20)/b8-4+. The average Bonchev–Trinajstić information content (AvgIpc) is 3.21. The maximum absolute atomic E-state index is 13.8. The first-order valence-corrected chi connectivity index (χ1v) is 6.82. The third-order valence-corrected chi connectivity index (χ3v) is 3.69. The Hall–Kier alpha value is -2.17. The predicted molar refractivity (Wildman–Crippen MR) is 77.3 cm³/mol. The number of halogens is 1. The third kappa shape index (κ3) is 3.90. The molecule has 1 aliphatic rings. The highest BCUT2D eigenvalue weighted by Crippen LogP contribution is 2.39. The number of aliphatic carboxylic acids is 1. The van der Waals surface area contributed by atoms with Crippen LogP contribution in [0.5, 0.6) is 0 Å². The number of nitrogens with one attached hydrogen (secondary N) is 1. The molecule has 112 valence electrons. The minimum atomic E-state index is -1.10. The van der Waals surface area contributed by atoms with Gasteiger partial charge in [-0.25, -0.2) is 9.18 Å². The van der Waals surface area contributed by atoms with E-state index in [1.807, 2.05) is 13.8 Å². The molecule has 0 bridgehead atoms. The molecule has 5 heteroatoms. The van der Waals surface area contributed by atoms with E-state index in [2.05, 4.69) is 5.32 Å². The molecule has 2 N–H and O–H groups in total. The molecule has 1 saturated carbocycles. The number of carbonyl (C=O) groups excluding carboxylic acids is 1. The van der Waals surface area contributed by atoms with Gasteiger partial charge in [0.05, 0.1) is 5.56 Å². The van der Waals surface area contributed by atoms with Crippen LogP contribution in [0.3, 0.4) is 0 Å². The molecule has 0 aliphatic heterocycles. The van der Waals surface area contributed by atoms with Crippen molar-refractivity contribution in [3.8, 4) is 0 Å². The fraction of sp³-hybridized carbons (Fsp3) is 0.375. The summed E-state index contributed by atoms with van der Waals surface area (Å²) in [6, 6.07) is 3.95. The van der Waals surface area contributed by atoms with Crippen molar-refractivity contribution in [3.63, 3.8) is 0 Å². The summed E-state index contributed by atoms with van der Waals surface area (Å²) < 4.78 is 13.8. The highest BCUT2D eigenvalue weighted by atomic mass is 19.1. The number of carbonyl (C=O) groups is 2. The van der Waals surface area contributed by atoms with E-state index in [1.54, 1.807) is 0 Å². The molecule has 1 aromatic carbocycles. The first kappa shape index (κ1) is 15.2. The number of carboxylic acid groups (broad SMARTS) is 1. The Morgan fingerprint density at radius 3 is 2.62 bits per heavy atom. The molecule has 0 unspecified atom stereocenters. The van der Waals surface area contributed by atoms with Gasteiger partial charge < -0.3 is 10.4 Å². The van der Waals surface area contributed by atoms with Crippen molar-refractivity contribution in [2.45, 2.75) is 32.2 Å². The van der Waals surface area contributed by atoms with Crippen molar-refractivity contribution < 1.29 is 19.1 Å². The molecule has 0 radical (unpaired) electrons. The average molecular weight is 291 g/mol. The van der Waals surface area contributed by atoms with Gasteiger partial charge in [0.1, 0.15) is 5.82 Å². The Balaban J connectivity index is 2.19. The lowest BCUT2D eigenvalue weighted by molar-refractivity contribution is -0.131. The van der Waals surface area contributed by atoms with Gasteiger partial charge in [-0.2, -0.15) is 0 Å². The maximum atomic E-state index is 13.8. The predicted octanol–water partition coefficient (Wildman–Crippen LogP) is 2.84. The van der Waals surface area contributed by atoms with Crippen LogP contribution >= 0.6 is 0 Å². The van der Waals surface area contributed by atoms with Crippen molar-refractivity contribution in [3.05, 3.63) is 41.2 Å². The van der Waals surface area contributed by atoms with Gasteiger partial charge in [-0.1, -0.05) is 6.07 Å². The summed E-state index contributed by atoms with van der Waals surface area (Å²) in [6.45, 7) is 3.85. The number of hydrogen-bond donors (Lipinski definition) is 2. The molecule has 4 nitrogen and oxygen atoms in total. The second-order valence-corrected chi connectivity index (χ2v) is 5.86. The van der Waals surface area contributed by atoms with Gasteiger partial charge in [0.2, 0.25) is 0 Å². The van der Waals surface area contributed by atoms with Crippen LogP contribution in [0.1, 0.15) is 42.6 Å². The maximum Gasteiger partial charge on any atom is 0.328 e. The quantitative estimate of drug-likeness (QED) is 0.820. The Morgan fingerprint density at radius 1 is 1.38 bits per heavy atom. The number of rotatable bonds is 5. The van der Waals surface area contributed by atoms with E-state index in [0.29, 0.717) is 11.5 Å². The fourth-order valence-electron chi connectivity index (χ4n) is 2.26. The fourth-order valence-corrected chi connectivity index (χ4v) is 2.26. The summed E-state index contributed by atoms with van der Waals surface area (Å²) in [5, 5.41) is 11.4. The molecular formula is C16H18FNO3. The van der Waals surface area contributed by atoms with Gasteiger partial charge in [-0.05, 0) is 56.4 Å². The normalized spacial score (nSPS) is 15.2. The van der Waals surface area contributed by atoms with E-state index in [0.717, 1.165) is 18.9 Å². The lowest BCUT2D eigenvalue weighted by Gasteiger charge is -2.26. The molecule has 21 heavy (non-hydrogen) atoms. The van der Waals surface area contributed by atoms with E-state index >= 15 is 0 Å². The molecule has 1 aromatic rings. The number of benzene rings is 1. The van der Waals surface area contributed by atoms with Crippen LogP contribution in [0, 0.1) is 11.7 Å². The monoisotopic (exact) mass is 291 g/mol. The molecule has 1 fully saturated rings. The van der Waals surface area contributed by atoms with Crippen molar-refractivity contribution in [2.24, 2.45) is 5.92 Å². The van der Waals surface area contributed by atoms with Crippen molar-refractivity contribution in [1.29, 1.82) is 0 Å². The zero-order chi connectivity index (χ0) is 15.6. The smallest absolute Gasteiger partial charge is 0.328 e. The van der Waals surface area contributed by atoms with Gasteiger partial charge in [-0.3, -0.25) is 4.79 Å². The Bertz CT molecular complexity index is 604. The van der Waals surface area contributed by atoms with Gasteiger partial charge in [-0.15, -0.1) is 0 Å². The van der Waals surface area contributed by atoms with Crippen LogP contribution in [0.15, 0.2) is 24.3 Å². The first-order chi connectivity index (χ1) is 9.79. The zero-order valence-corrected chi connectivity index (χ0v) is 12.0. The highest BCUT2D eigenvalue weighted by Gasteiger charge is 2.39. The van der Waals surface area contributed by atoms with E-state index < -0.39 is 17.7 Å². The molecule has 0 spiro atoms.